The van der Waals surface area contributed by atoms with Crippen LogP contribution in [0.25, 0.3) is 6.08 Å². The van der Waals surface area contributed by atoms with Gasteiger partial charge in [-0.1, -0.05) is 32.9 Å². The van der Waals surface area contributed by atoms with Gasteiger partial charge in [-0.25, -0.2) is 0 Å². The molecule has 0 atom stereocenters. The van der Waals surface area contributed by atoms with Gasteiger partial charge in [0.15, 0.2) is 0 Å². The molecule has 0 aliphatic rings. The van der Waals surface area contributed by atoms with Gasteiger partial charge in [0.1, 0.15) is 0 Å². The highest BCUT2D eigenvalue weighted by Crippen LogP contribution is 2.17. The second-order valence-corrected chi connectivity index (χ2v) is 4.54. The lowest BCUT2D eigenvalue weighted by molar-refractivity contribution is 0.547. The number of rotatable bonds is 1. The summed E-state index contributed by atoms with van der Waals surface area (Å²) in [4.78, 5) is 0. The molecule has 1 rings (SSSR count). The second-order valence-electron chi connectivity index (χ2n) is 3.76. The van der Waals surface area contributed by atoms with Crippen LogP contribution in [-0.2, 0) is 0 Å². The monoisotopic (exact) mass is 166 g/mol. The van der Waals surface area contributed by atoms with E-state index in [-0.39, 0.29) is 0 Å². The number of hydrogen-bond acceptors (Lipinski definition) is 1. The van der Waals surface area contributed by atoms with Gasteiger partial charge in [0.2, 0.25) is 0 Å². The predicted octanol–water partition coefficient (Wildman–Crippen LogP) is 3.81. The zero-order chi connectivity index (χ0) is 8.32. The molecule has 11 heavy (non-hydrogen) atoms. The second kappa shape index (κ2) is 3.22. The normalized spacial score (nSPS) is 12.6. The van der Waals surface area contributed by atoms with E-state index in [0.717, 1.165) is 0 Å². The van der Waals surface area contributed by atoms with Crippen molar-refractivity contribution in [3.63, 3.8) is 0 Å². The van der Waals surface area contributed by atoms with Crippen LogP contribution >= 0.6 is 11.3 Å². The van der Waals surface area contributed by atoms with Crippen LogP contribution in [0.4, 0.5) is 0 Å². The fourth-order valence-electron chi connectivity index (χ4n) is 0.716. The summed E-state index contributed by atoms with van der Waals surface area (Å²) in [6, 6.07) is 2.13. The Morgan fingerprint density at radius 2 is 2.09 bits per heavy atom. The van der Waals surface area contributed by atoms with Crippen molar-refractivity contribution in [2.24, 2.45) is 5.41 Å². The minimum absolute atomic E-state index is 0.294. The van der Waals surface area contributed by atoms with Gasteiger partial charge in [0.05, 0.1) is 0 Å². The molecule has 0 nitrogen and oxygen atoms in total. The summed E-state index contributed by atoms with van der Waals surface area (Å²) in [6.07, 6.45) is 4.41. The fourth-order valence-corrected chi connectivity index (χ4v) is 1.34. The molecule has 0 fully saturated rings. The Kier molecular flexibility index (Phi) is 2.50. The number of thiophene rings is 1. The van der Waals surface area contributed by atoms with E-state index >= 15 is 0 Å². The molecule has 1 heteroatoms. The minimum Gasteiger partial charge on any atom is -0.152 e. The van der Waals surface area contributed by atoms with Crippen molar-refractivity contribution in [3.05, 3.63) is 28.5 Å². The molecular formula is C10H14S. The van der Waals surface area contributed by atoms with Crippen molar-refractivity contribution in [1.82, 2.24) is 0 Å². The topological polar surface area (TPSA) is 0 Å². The highest BCUT2D eigenvalue weighted by molar-refractivity contribution is 7.08. The first-order valence-corrected chi connectivity index (χ1v) is 4.74. The highest BCUT2D eigenvalue weighted by Gasteiger charge is 2.02. The quantitative estimate of drug-likeness (QED) is 0.595. The van der Waals surface area contributed by atoms with Crippen molar-refractivity contribution in [3.8, 4) is 0 Å². The van der Waals surface area contributed by atoms with Crippen molar-refractivity contribution >= 4 is 17.4 Å². The molecule has 60 valence electrons. The molecule has 0 spiro atoms. The van der Waals surface area contributed by atoms with Gasteiger partial charge < -0.3 is 0 Å². The third kappa shape index (κ3) is 3.38. The minimum atomic E-state index is 0.294. The third-order valence-electron chi connectivity index (χ3n) is 1.32. The Bertz CT molecular complexity index is 224. The van der Waals surface area contributed by atoms with Crippen LogP contribution in [0.15, 0.2) is 22.9 Å². The SMILES string of the molecule is CC(C)(C)/C=C/c1ccsc1. The Hall–Kier alpha value is -0.560. The Morgan fingerprint density at radius 3 is 2.55 bits per heavy atom. The van der Waals surface area contributed by atoms with Gasteiger partial charge in [-0.15, -0.1) is 0 Å². The lowest BCUT2D eigenvalue weighted by Crippen LogP contribution is -1.97. The van der Waals surface area contributed by atoms with Gasteiger partial charge in [0, 0.05) is 0 Å². The average Bonchev–Trinajstić information content (AvgIpc) is 2.32. The average molecular weight is 166 g/mol. The highest BCUT2D eigenvalue weighted by atomic mass is 32.1. The van der Waals surface area contributed by atoms with Gasteiger partial charge in [-0.2, -0.15) is 11.3 Å². The Morgan fingerprint density at radius 1 is 1.36 bits per heavy atom. The molecule has 0 aliphatic carbocycles. The summed E-state index contributed by atoms with van der Waals surface area (Å²) in [5.74, 6) is 0. The Labute approximate surface area is 72.6 Å². The molecule has 0 unspecified atom stereocenters. The van der Waals surface area contributed by atoms with Gasteiger partial charge >= 0.3 is 0 Å². The van der Waals surface area contributed by atoms with Crippen LogP contribution in [-0.4, -0.2) is 0 Å². The van der Waals surface area contributed by atoms with E-state index in [0.29, 0.717) is 5.41 Å². The van der Waals surface area contributed by atoms with Gasteiger partial charge in [0.25, 0.3) is 0 Å². The smallest absolute Gasteiger partial charge is 0.00209 e. The van der Waals surface area contributed by atoms with E-state index in [1.54, 1.807) is 11.3 Å². The number of allylic oxidation sites excluding steroid dienone is 1. The van der Waals surface area contributed by atoms with E-state index in [4.69, 9.17) is 0 Å². The van der Waals surface area contributed by atoms with Crippen molar-refractivity contribution < 1.29 is 0 Å². The molecule has 0 aromatic carbocycles. The summed E-state index contributed by atoms with van der Waals surface area (Å²) in [5.41, 5.74) is 1.60. The van der Waals surface area contributed by atoms with Crippen LogP contribution in [0, 0.1) is 5.41 Å². The maximum atomic E-state index is 2.23. The molecule has 0 bridgehead atoms. The summed E-state index contributed by atoms with van der Waals surface area (Å²) >= 11 is 1.74. The van der Waals surface area contributed by atoms with Gasteiger partial charge in [-0.05, 0) is 27.8 Å². The van der Waals surface area contributed by atoms with Crippen molar-refractivity contribution in [2.45, 2.75) is 20.8 Å². The van der Waals surface area contributed by atoms with E-state index in [2.05, 4.69) is 49.7 Å². The van der Waals surface area contributed by atoms with Crippen LogP contribution in [0.1, 0.15) is 26.3 Å². The number of hydrogen-bond donors (Lipinski definition) is 0. The molecule has 0 amide bonds. The molecule has 1 aromatic rings. The standard InChI is InChI=1S/C10H14S/c1-10(2,3)6-4-9-5-7-11-8-9/h4-8H,1-3H3/b6-4+. The van der Waals surface area contributed by atoms with E-state index in [1.807, 2.05) is 0 Å². The zero-order valence-electron chi connectivity index (χ0n) is 7.29. The molecule has 0 saturated heterocycles. The predicted molar refractivity (Wildman–Crippen MR) is 52.8 cm³/mol. The first-order chi connectivity index (χ1) is 5.08. The van der Waals surface area contributed by atoms with Crippen LogP contribution in [0.5, 0.6) is 0 Å². The lowest BCUT2D eigenvalue weighted by atomic mass is 9.96. The molecule has 1 aromatic heterocycles. The largest absolute Gasteiger partial charge is 0.152 e. The van der Waals surface area contributed by atoms with E-state index in [1.165, 1.54) is 5.56 Å². The summed E-state index contributed by atoms with van der Waals surface area (Å²) in [7, 11) is 0. The maximum Gasteiger partial charge on any atom is -0.00209 e. The molecule has 0 aliphatic heterocycles. The molecular weight excluding hydrogens is 152 g/mol. The van der Waals surface area contributed by atoms with Crippen LogP contribution in [0.2, 0.25) is 0 Å². The van der Waals surface area contributed by atoms with Gasteiger partial charge in [-0.3, -0.25) is 0 Å². The molecule has 0 radical (unpaired) electrons. The third-order valence-corrected chi connectivity index (χ3v) is 2.02. The van der Waals surface area contributed by atoms with Crippen LogP contribution in [0.3, 0.4) is 0 Å². The molecule has 0 saturated carbocycles. The van der Waals surface area contributed by atoms with E-state index in [9.17, 15) is 0 Å². The first-order valence-electron chi connectivity index (χ1n) is 3.79. The maximum absolute atomic E-state index is 2.23. The lowest BCUT2D eigenvalue weighted by Gasteiger charge is -2.10. The van der Waals surface area contributed by atoms with Crippen molar-refractivity contribution in [2.75, 3.05) is 0 Å². The fraction of sp³-hybridized carbons (Fsp3) is 0.400. The summed E-state index contributed by atoms with van der Waals surface area (Å²) < 4.78 is 0. The first kappa shape index (κ1) is 8.54. The van der Waals surface area contributed by atoms with Crippen LogP contribution < -0.4 is 0 Å². The molecule has 1 heterocycles. The van der Waals surface area contributed by atoms with E-state index < -0.39 is 0 Å². The Balaban J connectivity index is 2.63. The summed E-state index contributed by atoms with van der Waals surface area (Å²) in [6.45, 7) is 6.61. The summed E-state index contributed by atoms with van der Waals surface area (Å²) in [5, 5.41) is 4.25. The molecule has 0 N–H and O–H groups in total. The zero-order valence-corrected chi connectivity index (χ0v) is 8.11. The van der Waals surface area contributed by atoms with Crippen molar-refractivity contribution in [1.29, 1.82) is 0 Å².